The number of hydrogen-bond acceptors (Lipinski definition) is 6. The molecule has 2 aromatic heterocycles. The molecule has 1 amide bonds. The van der Waals surface area contributed by atoms with Gasteiger partial charge in [0.1, 0.15) is 17.1 Å². The average Bonchev–Trinajstić information content (AvgIpc) is 3.19. The lowest BCUT2D eigenvalue weighted by molar-refractivity contribution is -0.192. The highest BCUT2D eigenvalue weighted by molar-refractivity contribution is 5.92. The van der Waals surface area contributed by atoms with Gasteiger partial charge in [0, 0.05) is 38.7 Å². The van der Waals surface area contributed by atoms with Gasteiger partial charge in [0.2, 0.25) is 0 Å². The molecule has 0 aliphatic carbocycles. The molecule has 0 saturated carbocycles. The van der Waals surface area contributed by atoms with E-state index in [0.29, 0.717) is 19.7 Å². The first-order chi connectivity index (χ1) is 15.1. The fraction of sp³-hybridized carbons (Fsp3) is 0.500. The number of piperidine rings is 1. The second kappa shape index (κ2) is 9.55. The number of morpholine rings is 1. The number of anilines is 1. The number of ether oxygens (including phenoxy) is 1. The molecule has 4 heterocycles. The van der Waals surface area contributed by atoms with Gasteiger partial charge in [0.05, 0.1) is 25.9 Å². The second-order valence-corrected chi connectivity index (χ2v) is 7.65. The number of aliphatic carboxylic acids is 1. The Bertz CT molecular complexity index is 933. The van der Waals surface area contributed by atoms with Gasteiger partial charge in [0.25, 0.3) is 5.91 Å². The van der Waals surface area contributed by atoms with Crippen molar-refractivity contribution in [1.82, 2.24) is 19.4 Å². The van der Waals surface area contributed by atoms with E-state index in [0.717, 1.165) is 37.4 Å². The molecule has 4 rings (SSSR count). The van der Waals surface area contributed by atoms with Crippen LogP contribution in [0, 0.1) is 0 Å². The first-order valence-corrected chi connectivity index (χ1v) is 9.97. The van der Waals surface area contributed by atoms with E-state index >= 15 is 0 Å². The van der Waals surface area contributed by atoms with Crippen molar-refractivity contribution in [1.29, 1.82) is 0 Å². The predicted molar refractivity (Wildman–Crippen MR) is 107 cm³/mol. The van der Waals surface area contributed by atoms with Crippen molar-refractivity contribution < 1.29 is 32.6 Å². The Labute approximate surface area is 182 Å². The summed E-state index contributed by atoms with van der Waals surface area (Å²) in [5.74, 6) is -1.81. The zero-order valence-corrected chi connectivity index (χ0v) is 17.5. The number of aryl methyl sites for hydroxylation is 1. The summed E-state index contributed by atoms with van der Waals surface area (Å²) >= 11 is 0. The second-order valence-electron chi connectivity index (χ2n) is 7.65. The quantitative estimate of drug-likeness (QED) is 0.739. The molecule has 9 nitrogen and oxygen atoms in total. The van der Waals surface area contributed by atoms with E-state index in [1.165, 1.54) is 0 Å². The maximum Gasteiger partial charge on any atom is 0.490 e. The third-order valence-corrected chi connectivity index (χ3v) is 5.35. The van der Waals surface area contributed by atoms with E-state index in [-0.39, 0.29) is 11.5 Å². The number of hydrogen-bond donors (Lipinski definition) is 1. The number of alkyl halides is 3. The summed E-state index contributed by atoms with van der Waals surface area (Å²) in [7, 11) is 1.90. The lowest BCUT2D eigenvalue weighted by Crippen LogP contribution is -2.61. The standard InChI is InChI=1S/C18H23N5O2.C2HF3O2/c1-21-8-2-4-15(21)17(24)23-10-11-25-18(14-23)5-3-9-22(13-18)16-12-19-6-7-20-16;3-2(4,5)1(6)7/h2,4,6-8,12H,3,5,9-11,13-14H2,1H3;(H,6,7). The van der Waals surface area contributed by atoms with Crippen LogP contribution in [0.2, 0.25) is 0 Å². The van der Waals surface area contributed by atoms with Crippen LogP contribution >= 0.6 is 0 Å². The Hall–Kier alpha value is -3.15. The van der Waals surface area contributed by atoms with Crippen LogP contribution in [0.15, 0.2) is 36.9 Å². The van der Waals surface area contributed by atoms with Gasteiger partial charge < -0.3 is 24.2 Å². The summed E-state index contributed by atoms with van der Waals surface area (Å²) in [6, 6.07) is 3.77. The van der Waals surface area contributed by atoms with Crippen LogP contribution in [0.3, 0.4) is 0 Å². The zero-order valence-electron chi connectivity index (χ0n) is 17.5. The van der Waals surface area contributed by atoms with Crippen LogP contribution in [0.25, 0.3) is 0 Å². The van der Waals surface area contributed by atoms with Gasteiger partial charge in [-0.25, -0.2) is 9.78 Å². The first kappa shape index (κ1) is 23.5. The van der Waals surface area contributed by atoms with Gasteiger partial charge in [-0.1, -0.05) is 0 Å². The molecule has 1 spiro atoms. The molecule has 2 aliphatic heterocycles. The van der Waals surface area contributed by atoms with Crippen LogP contribution in [-0.4, -0.2) is 81.0 Å². The number of carboxylic acids is 1. The monoisotopic (exact) mass is 455 g/mol. The molecular formula is C20H24F3N5O4. The number of amides is 1. The van der Waals surface area contributed by atoms with Crippen LogP contribution in [-0.2, 0) is 16.6 Å². The Balaban J connectivity index is 0.000000360. The Morgan fingerprint density at radius 2 is 1.97 bits per heavy atom. The first-order valence-electron chi connectivity index (χ1n) is 9.97. The highest BCUT2D eigenvalue weighted by atomic mass is 19.4. The third-order valence-electron chi connectivity index (χ3n) is 5.35. The van der Waals surface area contributed by atoms with E-state index in [2.05, 4.69) is 14.9 Å². The number of rotatable bonds is 2. The minimum absolute atomic E-state index is 0.0757. The molecule has 2 saturated heterocycles. The van der Waals surface area contributed by atoms with Gasteiger partial charge in [-0.2, -0.15) is 13.2 Å². The van der Waals surface area contributed by atoms with Gasteiger partial charge >= 0.3 is 12.1 Å². The lowest BCUT2D eigenvalue weighted by Gasteiger charge is -2.48. The largest absolute Gasteiger partial charge is 0.490 e. The number of carbonyl (C=O) groups is 2. The van der Waals surface area contributed by atoms with Crippen LogP contribution in [0.4, 0.5) is 19.0 Å². The third kappa shape index (κ3) is 5.55. The maximum atomic E-state index is 12.9. The number of halogens is 3. The van der Waals surface area contributed by atoms with Crippen LogP contribution in [0.5, 0.6) is 0 Å². The summed E-state index contributed by atoms with van der Waals surface area (Å²) < 4.78 is 39.8. The van der Waals surface area contributed by atoms with E-state index < -0.39 is 12.1 Å². The van der Waals surface area contributed by atoms with Gasteiger partial charge in [0.15, 0.2) is 0 Å². The van der Waals surface area contributed by atoms with Gasteiger partial charge in [-0.3, -0.25) is 9.78 Å². The Kier molecular flexibility index (Phi) is 7.02. The molecule has 174 valence electrons. The van der Waals surface area contributed by atoms with E-state index in [1.54, 1.807) is 18.6 Å². The topological polar surface area (TPSA) is 101 Å². The van der Waals surface area contributed by atoms with Crippen LogP contribution in [0.1, 0.15) is 23.3 Å². The molecule has 12 heteroatoms. The van der Waals surface area contributed by atoms with Gasteiger partial charge in [-0.05, 0) is 25.0 Å². The number of carboxylic acid groups (broad SMARTS) is 1. The summed E-state index contributed by atoms with van der Waals surface area (Å²) in [6.45, 7) is 3.51. The normalized spacial score (nSPS) is 21.1. The molecule has 32 heavy (non-hydrogen) atoms. The van der Waals surface area contributed by atoms with Crippen molar-refractivity contribution in [2.75, 3.05) is 37.7 Å². The minimum Gasteiger partial charge on any atom is -0.475 e. The summed E-state index contributed by atoms with van der Waals surface area (Å²) in [5.41, 5.74) is 0.396. The predicted octanol–water partition coefficient (Wildman–Crippen LogP) is 1.96. The summed E-state index contributed by atoms with van der Waals surface area (Å²) in [6.07, 6.45) is 3.97. The van der Waals surface area contributed by atoms with Gasteiger partial charge in [-0.15, -0.1) is 0 Å². The van der Waals surface area contributed by atoms with E-state index in [4.69, 9.17) is 14.6 Å². The SMILES string of the molecule is Cn1cccc1C(=O)N1CCOC2(CCCN(c3cnccn3)C2)C1.O=C(O)C(F)(F)F. The molecule has 0 bridgehead atoms. The molecule has 0 radical (unpaired) electrons. The molecular weight excluding hydrogens is 431 g/mol. The van der Waals surface area contributed by atoms with E-state index in [1.807, 2.05) is 34.8 Å². The Morgan fingerprint density at radius 1 is 1.22 bits per heavy atom. The molecule has 1 atom stereocenters. The van der Waals surface area contributed by atoms with Crippen molar-refractivity contribution in [3.05, 3.63) is 42.6 Å². The highest BCUT2D eigenvalue weighted by Crippen LogP contribution is 2.31. The zero-order chi connectivity index (χ0) is 23.4. The van der Waals surface area contributed by atoms with Crippen molar-refractivity contribution in [2.24, 2.45) is 7.05 Å². The van der Waals surface area contributed by atoms with Crippen molar-refractivity contribution in [3.8, 4) is 0 Å². The van der Waals surface area contributed by atoms with E-state index in [9.17, 15) is 18.0 Å². The fourth-order valence-electron chi connectivity index (χ4n) is 3.86. The maximum absolute atomic E-state index is 12.9. The fourth-order valence-corrected chi connectivity index (χ4v) is 3.86. The smallest absolute Gasteiger partial charge is 0.475 e. The number of aromatic nitrogens is 3. The van der Waals surface area contributed by atoms with Crippen molar-refractivity contribution >= 4 is 17.7 Å². The number of nitrogens with zero attached hydrogens (tertiary/aromatic N) is 5. The molecule has 2 fully saturated rings. The molecule has 1 unspecified atom stereocenters. The average molecular weight is 455 g/mol. The molecule has 2 aliphatic rings. The summed E-state index contributed by atoms with van der Waals surface area (Å²) in [4.78, 5) is 34.5. The lowest BCUT2D eigenvalue weighted by atomic mass is 9.90. The minimum atomic E-state index is -5.08. The molecule has 2 aromatic rings. The summed E-state index contributed by atoms with van der Waals surface area (Å²) in [5, 5.41) is 7.12. The highest BCUT2D eigenvalue weighted by Gasteiger charge is 2.42. The Morgan fingerprint density at radius 3 is 2.56 bits per heavy atom. The van der Waals surface area contributed by atoms with Crippen LogP contribution < -0.4 is 4.90 Å². The number of carbonyl (C=O) groups excluding carboxylic acids is 1. The molecule has 0 aromatic carbocycles. The van der Waals surface area contributed by atoms with Crippen molar-refractivity contribution in [3.63, 3.8) is 0 Å². The molecule has 1 N–H and O–H groups in total. The van der Waals surface area contributed by atoms with Crippen molar-refractivity contribution in [2.45, 2.75) is 24.6 Å².